The van der Waals surface area contributed by atoms with Gasteiger partial charge >= 0.3 is 0 Å². The molecular weight excluding hydrogens is 282 g/mol. The Morgan fingerprint density at radius 3 is 2.55 bits per heavy atom. The van der Waals surface area contributed by atoms with Gasteiger partial charge in [-0.1, -0.05) is 12.1 Å². The van der Waals surface area contributed by atoms with E-state index in [1.807, 2.05) is 18.2 Å². The summed E-state index contributed by atoms with van der Waals surface area (Å²) >= 11 is 0. The molecule has 0 aliphatic carbocycles. The van der Waals surface area contributed by atoms with Crippen LogP contribution in [0.15, 0.2) is 48.5 Å². The zero-order valence-corrected chi connectivity index (χ0v) is 12.1. The van der Waals surface area contributed by atoms with Gasteiger partial charge in [0.2, 0.25) is 11.8 Å². The molecule has 4 N–H and O–H groups in total. The molecule has 22 heavy (non-hydrogen) atoms. The van der Waals surface area contributed by atoms with Gasteiger partial charge in [-0.25, -0.2) is 0 Å². The molecule has 6 heteroatoms. The molecule has 2 rings (SSSR count). The molecule has 0 saturated heterocycles. The molecule has 6 nitrogen and oxygen atoms in total. The van der Waals surface area contributed by atoms with Crippen molar-refractivity contribution in [2.75, 3.05) is 24.3 Å². The van der Waals surface area contributed by atoms with Gasteiger partial charge in [0.05, 0.1) is 13.7 Å². The minimum atomic E-state index is -0.536. The van der Waals surface area contributed by atoms with Crippen LogP contribution < -0.4 is 21.1 Å². The highest BCUT2D eigenvalue weighted by Crippen LogP contribution is 2.16. The Morgan fingerprint density at radius 2 is 1.82 bits per heavy atom. The third-order valence-corrected chi connectivity index (χ3v) is 2.95. The van der Waals surface area contributed by atoms with Crippen LogP contribution in [0.4, 0.5) is 11.4 Å². The van der Waals surface area contributed by atoms with Crippen LogP contribution in [0, 0.1) is 0 Å². The number of primary amides is 1. The predicted octanol–water partition coefficient (Wildman–Crippen LogP) is 1.84. The van der Waals surface area contributed by atoms with E-state index in [1.54, 1.807) is 31.4 Å². The van der Waals surface area contributed by atoms with E-state index in [1.165, 1.54) is 6.07 Å². The van der Waals surface area contributed by atoms with E-state index < -0.39 is 5.91 Å². The number of hydrogen-bond donors (Lipinski definition) is 3. The number of ether oxygens (including phenoxy) is 1. The van der Waals surface area contributed by atoms with E-state index in [0.717, 1.165) is 5.69 Å². The minimum absolute atomic E-state index is 0.0912. The molecule has 0 bridgehead atoms. The van der Waals surface area contributed by atoms with Gasteiger partial charge in [0.25, 0.3) is 0 Å². The summed E-state index contributed by atoms with van der Waals surface area (Å²) in [6.07, 6.45) is 0. The summed E-state index contributed by atoms with van der Waals surface area (Å²) in [6.45, 7) is 0.0912. The van der Waals surface area contributed by atoms with Crippen LogP contribution in [-0.2, 0) is 4.79 Å². The average Bonchev–Trinajstić information content (AvgIpc) is 2.53. The maximum Gasteiger partial charge on any atom is 0.248 e. The molecule has 2 amide bonds. The van der Waals surface area contributed by atoms with E-state index in [9.17, 15) is 9.59 Å². The van der Waals surface area contributed by atoms with Gasteiger partial charge in [0.1, 0.15) is 5.75 Å². The molecule has 0 atom stereocenters. The second kappa shape index (κ2) is 7.12. The SMILES string of the molecule is COc1cccc(NCC(=O)Nc2cccc(C(N)=O)c2)c1. The van der Waals surface area contributed by atoms with Crippen LogP contribution >= 0.6 is 0 Å². The molecule has 0 unspecified atom stereocenters. The minimum Gasteiger partial charge on any atom is -0.497 e. The van der Waals surface area contributed by atoms with Gasteiger partial charge in [-0.05, 0) is 30.3 Å². The quantitative estimate of drug-likeness (QED) is 0.758. The van der Waals surface area contributed by atoms with E-state index in [0.29, 0.717) is 17.0 Å². The summed E-state index contributed by atoms with van der Waals surface area (Å²) in [6, 6.07) is 13.7. The van der Waals surface area contributed by atoms with Crippen molar-refractivity contribution in [3.8, 4) is 5.75 Å². The maximum absolute atomic E-state index is 11.9. The number of carbonyl (C=O) groups is 2. The number of methoxy groups -OCH3 is 1. The molecule has 0 radical (unpaired) electrons. The Hall–Kier alpha value is -3.02. The first kappa shape index (κ1) is 15.4. The Morgan fingerprint density at radius 1 is 1.09 bits per heavy atom. The lowest BCUT2D eigenvalue weighted by Crippen LogP contribution is -2.22. The number of amides is 2. The summed E-state index contributed by atoms with van der Waals surface area (Å²) in [5.41, 5.74) is 6.85. The maximum atomic E-state index is 11.9. The summed E-state index contributed by atoms with van der Waals surface area (Å²) in [5, 5.41) is 5.69. The van der Waals surface area contributed by atoms with Crippen molar-refractivity contribution >= 4 is 23.2 Å². The molecule has 2 aromatic carbocycles. The van der Waals surface area contributed by atoms with Gasteiger partial charge in [-0.3, -0.25) is 9.59 Å². The summed E-state index contributed by atoms with van der Waals surface area (Å²) in [5.74, 6) is -0.0605. The number of carbonyl (C=O) groups excluding carboxylic acids is 2. The highest BCUT2D eigenvalue weighted by Gasteiger charge is 2.05. The number of nitrogens with two attached hydrogens (primary N) is 1. The molecule has 0 spiro atoms. The molecule has 2 aromatic rings. The van der Waals surface area contributed by atoms with E-state index >= 15 is 0 Å². The normalized spacial score (nSPS) is 9.86. The van der Waals surface area contributed by atoms with Gasteiger partial charge in [-0.15, -0.1) is 0 Å². The van der Waals surface area contributed by atoms with Crippen LogP contribution in [0.25, 0.3) is 0 Å². The monoisotopic (exact) mass is 299 g/mol. The lowest BCUT2D eigenvalue weighted by atomic mass is 10.2. The molecule has 0 saturated carbocycles. The van der Waals surface area contributed by atoms with Crippen LogP contribution in [0.1, 0.15) is 10.4 Å². The highest BCUT2D eigenvalue weighted by molar-refractivity contribution is 5.97. The summed E-state index contributed by atoms with van der Waals surface area (Å²) < 4.78 is 5.11. The third kappa shape index (κ3) is 4.24. The average molecular weight is 299 g/mol. The largest absolute Gasteiger partial charge is 0.497 e. The highest BCUT2D eigenvalue weighted by atomic mass is 16.5. The first-order chi connectivity index (χ1) is 10.6. The summed E-state index contributed by atoms with van der Waals surface area (Å²) in [4.78, 5) is 23.0. The third-order valence-electron chi connectivity index (χ3n) is 2.95. The fraction of sp³-hybridized carbons (Fsp3) is 0.125. The fourth-order valence-corrected chi connectivity index (χ4v) is 1.87. The Labute approximate surface area is 128 Å². The predicted molar refractivity (Wildman–Crippen MR) is 85.1 cm³/mol. The second-order valence-electron chi connectivity index (χ2n) is 4.58. The fourth-order valence-electron chi connectivity index (χ4n) is 1.87. The molecule has 0 aliphatic rings. The Balaban J connectivity index is 1.92. The smallest absolute Gasteiger partial charge is 0.248 e. The lowest BCUT2D eigenvalue weighted by molar-refractivity contribution is -0.114. The van der Waals surface area contributed by atoms with Gasteiger partial charge in [-0.2, -0.15) is 0 Å². The Bertz CT molecular complexity index is 686. The molecule has 0 heterocycles. The molecule has 114 valence electrons. The number of hydrogen-bond acceptors (Lipinski definition) is 4. The van der Waals surface area contributed by atoms with E-state index in [4.69, 9.17) is 10.5 Å². The topological polar surface area (TPSA) is 93.4 Å². The molecule has 0 fully saturated rings. The standard InChI is InChI=1S/C16H17N3O3/c1-22-14-7-3-5-12(9-14)18-10-15(20)19-13-6-2-4-11(8-13)16(17)21/h2-9,18H,10H2,1H3,(H2,17,21)(H,19,20). The van der Waals surface area contributed by atoms with Crippen LogP contribution in [0.5, 0.6) is 5.75 Å². The van der Waals surface area contributed by atoms with Crippen molar-refractivity contribution in [2.24, 2.45) is 5.73 Å². The van der Waals surface area contributed by atoms with Crippen LogP contribution in [-0.4, -0.2) is 25.5 Å². The van der Waals surface area contributed by atoms with Crippen molar-refractivity contribution in [2.45, 2.75) is 0 Å². The van der Waals surface area contributed by atoms with Crippen molar-refractivity contribution in [3.63, 3.8) is 0 Å². The number of benzene rings is 2. The van der Waals surface area contributed by atoms with E-state index in [-0.39, 0.29) is 12.5 Å². The Kier molecular flexibility index (Phi) is 4.98. The molecule has 0 aromatic heterocycles. The lowest BCUT2D eigenvalue weighted by Gasteiger charge is -2.09. The molecular formula is C16H17N3O3. The first-order valence-corrected chi connectivity index (χ1v) is 6.66. The number of anilines is 2. The number of nitrogens with one attached hydrogen (secondary N) is 2. The van der Waals surface area contributed by atoms with E-state index in [2.05, 4.69) is 10.6 Å². The zero-order chi connectivity index (χ0) is 15.9. The van der Waals surface area contributed by atoms with Crippen molar-refractivity contribution in [1.82, 2.24) is 0 Å². The zero-order valence-electron chi connectivity index (χ0n) is 12.1. The van der Waals surface area contributed by atoms with Gasteiger partial charge in [0, 0.05) is 23.0 Å². The van der Waals surface area contributed by atoms with Crippen molar-refractivity contribution in [1.29, 1.82) is 0 Å². The van der Waals surface area contributed by atoms with Gasteiger partial charge in [0.15, 0.2) is 0 Å². The molecule has 0 aliphatic heterocycles. The van der Waals surface area contributed by atoms with Crippen molar-refractivity contribution < 1.29 is 14.3 Å². The number of rotatable bonds is 6. The first-order valence-electron chi connectivity index (χ1n) is 6.66. The van der Waals surface area contributed by atoms with Crippen LogP contribution in [0.2, 0.25) is 0 Å². The second-order valence-corrected chi connectivity index (χ2v) is 4.58. The van der Waals surface area contributed by atoms with Crippen LogP contribution in [0.3, 0.4) is 0 Å². The summed E-state index contributed by atoms with van der Waals surface area (Å²) in [7, 11) is 1.58. The van der Waals surface area contributed by atoms with Gasteiger partial charge < -0.3 is 21.1 Å². The van der Waals surface area contributed by atoms with Crippen molar-refractivity contribution in [3.05, 3.63) is 54.1 Å².